The average Bonchev–Trinajstić information content (AvgIpc) is 2.62. The van der Waals surface area contributed by atoms with E-state index in [0.29, 0.717) is 6.61 Å². The van der Waals surface area contributed by atoms with E-state index in [9.17, 15) is 15.3 Å². The Kier molecular flexibility index (Phi) is 12.7. The summed E-state index contributed by atoms with van der Waals surface area (Å²) in [5, 5.41) is 29.4. The number of unbranched alkanes of at least 4 members (excludes halogenated alkanes) is 9. The fraction of sp³-hybridized carbons (Fsp3) is 1.00. The number of hydrogen-bond donors (Lipinski definition) is 3. The van der Waals surface area contributed by atoms with Crippen LogP contribution >= 0.6 is 0 Å². The molecule has 6 nitrogen and oxygen atoms in total. The molecule has 0 aromatic carbocycles. The lowest BCUT2D eigenvalue weighted by molar-refractivity contribution is -0.296. The molecule has 6 heteroatoms. The van der Waals surface area contributed by atoms with Crippen LogP contribution in [0.3, 0.4) is 0 Å². The van der Waals surface area contributed by atoms with Crippen molar-refractivity contribution in [3.63, 3.8) is 0 Å². The van der Waals surface area contributed by atoms with Gasteiger partial charge in [-0.05, 0) is 6.42 Å². The van der Waals surface area contributed by atoms with Crippen molar-refractivity contribution < 1.29 is 29.5 Å². The van der Waals surface area contributed by atoms with Crippen molar-refractivity contribution in [3.8, 4) is 0 Å². The third kappa shape index (κ3) is 8.80. The van der Waals surface area contributed by atoms with Crippen LogP contribution in [0.2, 0.25) is 0 Å². The molecule has 1 aliphatic heterocycles. The molecule has 3 N–H and O–H groups in total. The van der Waals surface area contributed by atoms with Crippen LogP contribution in [0, 0.1) is 0 Å². The summed E-state index contributed by atoms with van der Waals surface area (Å²) in [6, 6.07) is 0. The maximum Gasteiger partial charge on any atom is 0.186 e. The van der Waals surface area contributed by atoms with Crippen LogP contribution < -0.4 is 0 Å². The van der Waals surface area contributed by atoms with Gasteiger partial charge in [0, 0.05) is 13.7 Å². The van der Waals surface area contributed by atoms with Crippen LogP contribution in [-0.2, 0) is 14.2 Å². The molecule has 1 heterocycles. The van der Waals surface area contributed by atoms with Crippen molar-refractivity contribution >= 4 is 0 Å². The lowest BCUT2D eigenvalue weighted by Crippen LogP contribution is -2.59. The maximum atomic E-state index is 9.93. The van der Waals surface area contributed by atoms with Crippen molar-refractivity contribution in [2.75, 3.05) is 20.3 Å². The summed E-state index contributed by atoms with van der Waals surface area (Å²) in [6.45, 7) is 3.03. The molecule has 0 aromatic heterocycles. The predicted octanol–water partition coefficient (Wildman–Crippen LogP) is 2.38. The Morgan fingerprint density at radius 3 is 1.88 bits per heavy atom. The second-order valence-electron chi connectivity index (χ2n) is 7.01. The second kappa shape index (κ2) is 13.9. The number of aliphatic hydroxyl groups is 3. The third-order valence-corrected chi connectivity index (χ3v) is 4.83. The minimum Gasteiger partial charge on any atom is -0.387 e. The van der Waals surface area contributed by atoms with E-state index in [0.717, 1.165) is 12.8 Å². The lowest BCUT2D eigenvalue weighted by atomic mass is 9.99. The fourth-order valence-corrected chi connectivity index (χ4v) is 3.14. The summed E-state index contributed by atoms with van der Waals surface area (Å²) in [6.07, 6.45) is 7.38. The molecule has 5 atom stereocenters. The number of ether oxygens (including phenoxy) is 3. The van der Waals surface area contributed by atoms with Gasteiger partial charge in [-0.15, -0.1) is 0 Å². The molecular weight excluding hydrogens is 324 g/mol. The molecule has 1 saturated heterocycles. The Hall–Kier alpha value is -0.240. The SMILES string of the molecule is CCCCCCCCCCCCOC[C@H]1O[C@H](OC)[C@H](O)[C@@H](O)[C@@H]1O. The highest BCUT2D eigenvalue weighted by Gasteiger charge is 2.43. The van der Waals surface area contributed by atoms with Crippen molar-refractivity contribution in [1.29, 1.82) is 0 Å². The van der Waals surface area contributed by atoms with Gasteiger partial charge in [0.1, 0.15) is 24.4 Å². The van der Waals surface area contributed by atoms with Gasteiger partial charge < -0.3 is 29.5 Å². The highest BCUT2D eigenvalue weighted by molar-refractivity contribution is 4.88. The van der Waals surface area contributed by atoms with Gasteiger partial charge in [-0.3, -0.25) is 0 Å². The topological polar surface area (TPSA) is 88.4 Å². The van der Waals surface area contributed by atoms with Crippen LogP contribution in [0.1, 0.15) is 71.1 Å². The second-order valence-corrected chi connectivity index (χ2v) is 7.01. The van der Waals surface area contributed by atoms with Crippen LogP contribution in [0.4, 0.5) is 0 Å². The zero-order valence-electron chi connectivity index (χ0n) is 15.9. The van der Waals surface area contributed by atoms with E-state index in [1.807, 2.05) is 0 Å². The first-order valence-corrected chi connectivity index (χ1v) is 9.92. The van der Waals surface area contributed by atoms with Crippen LogP contribution in [0.5, 0.6) is 0 Å². The van der Waals surface area contributed by atoms with Gasteiger partial charge in [0.15, 0.2) is 6.29 Å². The highest BCUT2D eigenvalue weighted by atomic mass is 16.7. The Labute approximate surface area is 152 Å². The number of hydrogen-bond acceptors (Lipinski definition) is 6. The zero-order chi connectivity index (χ0) is 18.5. The van der Waals surface area contributed by atoms with E-state index in [4.69, 9.17) is 14.2 Å². The van der Waals surface area contributed by atoms with Gasteiger partial charge in [0.25, 0.3) is 0 Å². The van der Waals surface area contributed by atoms with Crippen LogP contribution in [0.15, 0.2) is 0 Å². The van der Waals surface area contributed by atoms with Crippen molar-refractivity contribution in [2.45, 2.75) is 102 Å². The molecule has 0 amide bonds. The molecule has 0 radical (unpaired) electrons. The minimum atomic E-state index is -1.29. The van der Waals surface area contributed by atoms with E-state index in [2.05, 4.69) is 6.92 Å². The minimum absolute atomic E-state index is 0.183. The van der Waals surface area contributed by atoms with E-state index in [-0.39, 0.29) is 6.61 Å². The van der Waals surface area contributed by atoms with Gasteiger partial charge >= 0.3 is 0 Å². The molecule has 0 bridgehead atoms. The summed E-state index contributed by atoms with van der Waals surface area (Å²) in [5.41, 5.74) is 0. The van der Waals surface area contributed by atoms with Crippen molar-refractivity contribution in [3.05, 3.63) is 0 Å². The molecule has 1 rings (SSSR count). The van der Waals surface area contributed by atoms with Crippen LogP contribution in [-0.4, -0.2) is 66.3 Å². The zero-order valence-corrected chi connectivity index (χ0v) is 15.9. The summed E-state index contributed by atoms with van der Waals surface area (Å²) in [7, 11) is 1.39. The first kappa shape index (κ1) is 22.8. The summed E-state index contributed by atoms with van der Waals surface area (Å²) >= 11 is 0. The van der Waals surface area contributed by atoms with Gasteiger partial charge in [-0.25, -0.2) is 0 Å². The smallest absolute Gasteiger partial charge is 0.186 e. The van der Waals surface area contributed by atoms with Gasteiger partial charge in [-0.2, -0.15) is 0 Å². The molecule has 25 heavy (non-hydrogen) atoms. The average molecular weight is 363 g/mol. The Morgan fingerprint density at radius 1 is 0.760 bits per heavy atom. The standard InChI is InChI=1S/C19H38O6/c1-3-4-5-6-7-8-9-10-11-12-13-24-14-15-16(20)17(21)18(22)19(23-2)25-15/h15-22H,3-14H2,1-2H3/t15-,16-,17+,18-,19+/m1/s1. The van der Waals surface area contributed by atoms with E-state index < -0.39 is 30.7 Å². The highest BCUT2D eigenvalue weighted by Crippen LogP contribution is 2.22. The third-order valence-electron chi connectivity index (χ3n) is 4.83. The molecule has 150 valence electrons. The number of aliphatic hydroxyl groups excluding tert-OH is 3. The maximum absolute atomic E-state index is 9.93. The molecule has 0 saturated carbocycles. The predicted molar refractivity (Wildman–Crippen MR) is 96.4 cm³/mol. The Bertz CT molecular complexity index is 312. The van der Waals surface area contributed by atoms with Crippen molar-refractivity contribution in [1.82, 2.24) is 0 Å². The Morgan fingerprint density at radius 2 is 1.32 bits per heavy atom. The van der Waals surface area contributed by atoms with E-state index >= 15 is 0 Å². The first-order chi connectivity index (χ1) is 12.1. The van der Waals surface area contributed by atoms with Gasteiger partial charge in [0.2, 0.25) is 0 Å². The number of rotatable bonds is 14. The largest absolute Gasteiger partial charge is 0.387 e. The molecule has 1 aliphatic rings. The molecule has 1 fully saturated rings. The molecule has 0 aliphatic carbocycles. The van der Waals surface area contributed by atoms with E-state index in [1.165, 1.54) is 58.5 Å². The van der Waals surface area contributed by atoms with E-state index in [1.54, 1.807) is 0 Å². The normalized spacial score (nSPS) is 29.9. The first-order valence-electron chi connectivity index (χ1n) is 9.92. The molecular formula is C19H38O6. The molecule has 0 spiro atoms. The monoisotopic (exact) mass is 362 g/mol. The summed E-state index contributed by atoms with van der Waals surface area (Å²) in [4.78, 5) is 0. The lowest BCUT2D eigenvalue weighted by Gasteiger charge is -2.39. The molecule has 0 aromatic rings. The summed E-state index contributed by atoms with van der Waals surface area (Å²) in [5.74, 6) is 0. The van der Waals surface area contributed by atoms with Gasteiger partial charge in [0.05, 0.1) is 6.61 Å². The molecule has 0 unspecified atom stereocenters. The van der Waals surface area contributed by atoms with Gasteiger partial charge in [-0.1, -0.05) is 64.7 Å². The fourth-order valence-electron chi connectivity index (χ4n) is 3.14. The quantitative estimate of drug-likeness (QED) is 0.411. The van der Waals surface area contributed by atoms with Crippen LogP contribution in [0.25, 0.3) is 0 Å². The Balaban J connectivity index is 1.99. The van der Waals surface area contributed by atoms with Crippen molar-refractivity contribution in [2.24, 2.45) is 0 Å². The summed E-state index contributed by atoms with van der Waals surface area (Å²) < 4.78 is 15.9. The number of methoxy groups -OCH3 is 1.